The number of nitrogens with two attached hydrogens (primary N) is 1. The van der Waals surface area contributed by atoms with Gasteiger partial charge in [-0.2, -0.15) is 0 Å². The van der Waals surface area contributed by atoms with Crippen LogP contribution in [0.15, 0.2) is 36.0 Å². The molecule has 1 aromatic rings. The van der Waals surface area contributed by atoms with E-state index in [2.05, 4.69) is 0 Å². The minimum atomic E-state index is -0.525. The van der Waals surface area contributed by atoms with Crippen molar-refractivity contribution in [3.63, 3.8) is 0 Å². The second kappa shape index (κ2) is 6.02. The highest BCUT2D eigenvalue weighted by Crippen LogP contribution is 2.36. The summed E-state index contributed by atoms with van der Waals surface area (Å²) < 4.78 is 10.4. The maximum atomic E-state index is 12.2. The van der Waals surface area contributed by atoms with Crippen molar-refractivity contribution >= 4 is 23.6 Å². The molecule has 1 saturated heterocycles. The highest BCUT2D eigenvalue weighted by molar-refractivity contribution is 8.00. The van der Waals surface area contributed by atoms with Gasteiger partial charge in [0.25, 0.3) is 0 Å². The molecule has 1 fully saturated rings. The zero-order valence-electron chi connectivity index (χ0n) is 12.0. The van der Waals surface area contributed by atoms with Gasteiger partial charge in [-0.05, 0) is 23.8 Å². The highest BCUT2D eigenvalue weighted by Gasteiger charge is 2.50. The molecule has 0 aromatic heterocycles. The summed E-state index contributed by atoms with van der Waals surface area (Å²) in [6, 6.07) is 6.72. The monoisotopic (exact) mass is 320 g/mol. The van der Waals surface area contributed by atoms with Gasteiger partial charge in [-0.1, -0.05) is 12.1 Å². The molecule has 1 aromatic carbocycles. The minimum absolute atomic E-state index is 0.145. The fraction of sp³-hybridized carbons (Fsp3) is 0.333. The van der Waals surface area contributed by atoms with E-state index in [0.717, 1.165) is 11.3 Å². The Morgan fingerprint density at radius 2 is 2.14 bits per heavy atom. The third-order valence-electron chi connectivity index (χ3n) is 3.63. The number of amides is 1. The number of hydrogen-bond acceptors (Lipinski definition) is 6. The van der Waals surface area contributed by atoms with E-state index in [-0.39, 0.29) is 17.9 Å². The molecule has 0 radical (unpaired) electrons. The molecule has 1 amide bonds. The smallest absolute Gasteiger partial charge is 0.355 e. The van der Waals surface area contributed by atoms with E-state index in [1.54, 1.807) is 37.1 Å². The van der Waals surface area contributed by atoms with Crippen LogP contribution < -0.4 is 10.5 Å². The van der Waals surface area contributed by atoms with Crippen molar-refractivity contribution in [1.29, 1.82) is 0 Å². The normalized spacial score (nSPS) is 23.3. The fourth-order valence-electron chi connectivity index (χ4n) is 2.37. The summed E-state index contributed by atoms with van der Waals surface area (Å²) in [5.41, 5.74) is 6.87. The van der Waals surface area contributed by atoms with Gasteiger partial charge in [0.05, 0.1) is 7.11 Å². The second-order valence-corrected chi connectivity index (χ2v) is 6.12. The van der Waals surface area contributed by atoms with Gasteiger partial charge in [0.2, 0.25) is 5.91 Å². The highest BCUT2D eigenvalue weighted by atomic mass is 32.2. The van der Waals surface area contributed by atoms with Gasteiger partial charge in [-0.25, -0.2) is 4.79 Å². The molecule has 0 saturated carbocycles. The van der Waals surface area contributed by atoms with Gasteiger partial charge in [0.1, 0.15) is 29.5 Å². The number of hydrogen-bond donors (Lipinski definition) is 1. The third-order valence-corrected chi connectivity index (χ3v) is 4.83. The molecule has 0 aliphatic carbocycles. The first kappa shape index (κ1) is 14.9. The first-order valence-electron chi connectivity index (χ1n) is 6.82. The average molecular weight is 320 g/mol. The molecule has 2 aliphatic rings. The molecule has 2 atom stereocenters. The number of carbonyl (C=O) groups is 2. The van der Waals surface area contributed by atoms with Crippen molar-refractivity contribution in [3.05, 3.63) is 41.6 Å². The Balaban J connectivity index is 1.62. The van der Waals surface area contributed by atoms with Crippen molar-refractivity contribution in [2.24, 2.45) is 5.73 Å². The van der Waals surface area contributed by atoms with E-state index < -0.39 is 12.0 Å². The summed E-state index contributed by atoms with van der Waals surface area (Å²) >= 11 is 1.55. The van der Waals surface area contributed by atoms with E-state index in [0.29, 0.717) is 11.4 Å². The van der Waals surface area contributed by atoms with Gasteiger partial charge in [0.15, 0.2) is 0 Å². The standard InChI is InChI=1S/C15H16N2O4S/c1-20-10-4-2-9(3-5-10)8-21-15(19)11-6-7-22-14-12(16)13(18)17(11)14/h2-6,12,14H,7-8,16H2,1H3/t12-,14+/m1/s1. The van der Waals surface area contributed by atoms with E-state index in [1.165, 1.54) is 4.90 Å². The van der Waals surface area contributed by atoms with E-state index in [9.17, 15) is 9.59 Å². The van der Waals surface area contributed by atoms with Crippen LogP contribution in [0.3, 0.4) is 0 Å². The Hall–Kier alpha value is -1.99. The summed E-state index contributed by atoms with van der Waals surface area (Å²) in [6.45, 7) is 0.145. The van der Waals surface area contributed by atoms with E-state index >= 15 is 0 Å². The van der Waals surface area contributed by atoms with Gasteiger partial charge < -0.3 is 15.2 Å². The number of nitrogens with zero attached hydrogens (tertiary/aromatic N) is 1. The quantitative estimate of drug-likeness (QED) is 0.655. The number of esters is 1. The summed E-state index contributed by atoms with van der Waals surface area (Å²) in [7, 11) is 1.59. The Bertz CT molecular complexity index is 629. The van der Waals surface area contributed by atoms with Crippen LogP contribution >= 0.6 is 11.8 Å². The van der Waals surface area contributed by atoms with Crippen LogP contribution in [0.4, 0.5) is 0 Å². The summed E-state index contributed by atoms with van der Waals surface area (Å²) in [5.74, 6) is 0.658. The lowest BCUT2D eigenvalue weighted by Crippen LogP contribution is -2.68. The Morgan fingerprint density at radius 3 is 2.82 bits per heavy atom. The Labute approximate surface area is 132 Å². The van der Waals surface area contributed by atoms with Crippen molar-refractivity contribution in [3.8, 4) is 5.75 Å². The largest absolute Gasteiger partial charge is 0.497 e. The lowest BCUT2D eigenvalue weighted by molar-refractivity contribution is -0.151. The number of carbonyl (C=O) groups excluding carboxylic acids is 2. The summed E-state index contributed by atoms with van der Waals surface area (Å²) in [5, 5.41) is -0.152. The SMILES string of the molecule is COc1ccc(COC(=O)C2=CCS[C@H]3[C@H](N)C(=O)N23)cc1. The molecule has 0 unspecified atom stereocenters. The summed E-state index contributed by atoms with van der Waals surface area (Å²) in [4.78, 5) is 25.4. The van der Waals surface area contributed by atoms with Crippen LogP contribution in [-0.4, -0.2) is 41.1 Å². The first-order chi connectivity index (χ1) is 10.6. The summed E-state index contributed by atoms with van der Waals surface area (Å²) in [6.07, 6.45) is 1.71. The van der Waals surface area contributed by atoms with Crippen molar-refractivity contribution in [2.45, 2.75) is 18.0 Å². The average Bonchev–Trinajstić information content (AvgIpc) is 2.58. The fourth-order valence-corrected chi connectivity index (χ4v) is 3.51. The van der Waals surface area contributed by atoms with E-state index in [1.807, 2.05) is 12.1 Å². The van der Waals surface area contributed by atoms with E-state index in [4.69, 9.17) is 15.2 Å². The van der Waals surface area contributed by atoms with Crippen molar-refractivity contribution in [1.82, 2.24) is 4.90 Å². The zero-order chi connectivity index (χ0) is 15.7. The number of ether oxygens (including phenoxy) is 2. The Morgan fingerprint density at radius 1 is 1.41 bits per heavy atom. The lowest BCUT2D eigenvalue weighted by Gasteiger charge is -2.46. The molecule has 6 nitrogen and oxygen atoms in total. The van der Waals surface area contributed by atoms with Gasteiger partial charge in [0, 0.05) is 5.75 Å². The van der Waals surface area contributed by atoms with Crippen molar-refractivity contribution < 1.29 is 19.1 Å². The molecule has 116 valence electrons. The number of benzene rings is 1. The van der Waals surface area contributed by atoms with Crippen LogP contribution in [0.2, 0.25) is 0 Å². The molecule has 2 N–H and O–H groups in total. The van der Waals surface area contributed by atoms with Gasteiger partial charge in [-0.3, -0.25) is 9.69 Å². The lowest BCUT2D eigenvalue weighted by atomic mass is 10.1. The number of fused-ring (bicyclic) bond motifs is 1. The maximum Gasteiger partial charge on any atom is 0.355 e. The number of β-lactam (4-membered cyclic amide) rings is 1. The topological polar surface area (TPSA) is 81.9 Å². The molecular formula is C15H16N2O4S. The van der Waals surface area contributed by atoms with Crippen LogP contribution in [0, 0.1) is 0 Å². The Kier molecular flexibility index (Phi) is 4.08. The van der Waals surface area contributed by atoms with Crippen LogP contribution in [0.1, 0.15) is 5.56 Å². The molecule has 0 bridgehead atoms. The molecular weight excluding hydrogens is 304 g/mol. The van der Waals surface area contributed by atoms with Crippen LogP contribution in [0.25, 0.3) is 0 Å². The predicted octanol–water partition coefficient (Wildman–Crippen LogP) is 0.865. The predicted molar refractivity (Wildman–Crippen MR) is 81.9 cm³/mol. The third kappa shape index (κ3) is 2.57. The molecule has 0 spiro atoms. The van der Waals surface area contributed by atoms with Crippen molar-refractivity contribution in [2.75, 3.05) is 12.9 Å². The molecule has 2 aliphatic heterocycles. The number of thioether (sulfide) groups is 1. The maximum absolute atomic E-state index is 12.2. The molecule has 22 heavy (non-hydrogen) atoms. The van der Waals surface area contributed by atoms with Crippen LogP contribution in [-0.2, 0) is 20.9 Å². The van der Waals surface area contributed by atoms with Gasteiger partial charge in [-0.15, -0.1) is 11.8 Å². The number of methoxy groups -OCH3 is 1. The number of rotatable bonds is 4. The molecule has 7 heteroatoms. The zero-order valence-corrected chi connectivity index (χ0v) is 12.8. The second-order valence-electron chi connectivity index (χ2n) is 4.97. The first-order valence-corrected chi connectivity index (χ1v) is 7.87. The van der Waals surface area contributed by atoms with Crippen LogP contribution in [0.5, 0.6) is 5.75 Å². The minimum Gasteiger partial charge on any atom is -0.497 e. The van der Waals surface area contributed by atoms with Gasteiger partial charge >= 0.3 is 5.97 Å². The molecule has 3 rings (SSSR count). The molecule has 2 heterocycles.